The molecular formula is C21H28N2O2. The van der Waals surface area contributed by atoms with E-state index in [4.69, 9.17) is 4.74 Å². The van der Waals surface area contributed by atoms with Gasteiger partial charge in [-0.25, -0.2) is 4.79 Å². The molecule has 4 heteroatoms. The Morgan fingerprint density at radius 3 is 2.32 bits per heavy atom. The first-order chi connectivity index (χ1) is 11.8. The predicted octanol–water partition coefficient (Wildman–Crippen LogP) is 4.80. The van der Waals surface area contributed by atoms with Gasteiger partial charge in [0.25, 0.3) is 0 Å². The van der Waals surface area contributed by atoms with Crippen molar-refractivity contribution in [1.82, 2.24) is 5.32 Å². The molecular weight excluding hydrogens is 312 g/mol. The molecule has 4 nitrogen and oxygen atoms in total. The topological polar surface area (TPSA) is 50.4 Å². The fourth-order valence-corrected chi connectivity index (χ4v) is 2.50. The van der Waals surface area contributed by atoms with Crippen LogP contribution < -0.4 is 15.4 Å². The monoisotopic (exact) mass is 340 g/mol. The maximum absolute atomic E-state index is 11.9. The van der Waals surface area contributed by atoms with Gasteiger partial charge in [-0.2, -0.15) is 0 Å². The van der Waals surface area contributed by atoms with Crippen LogP contribution in [0.25, 0.3) is 0 Å². The van der Waals surface area contributed by atoms with Crippen molar-refractivity contribution in [1.29, 1.82) is 0 Å². The van der Waals surface area contributed by atoms with Crippen LogP contribution in [0.4, 0.5) is 10.5 Å². The van der Waals surface area contributed by atoms with E-state index in [1.807, 2.05) is 44.2 Å². The van der Waals surface area contributed by atoms with Crippen LogP contribution in [-0.2, 0) is 5.41 Å². The van der Waals surface area contributed by atoms with E-state index in [1.165, 1.54) is 11.1 Å². The highest BCUT2D eigenvalue weighted by Crippen LogP contribution is 2.24. The molecule has 2 aromatic carbocycles. The summed E-state index contributed by atoms with van der Waals surface area (Å²) in [6.07, 6.45) is 0. The third kappa shape index (κ3) is 5.82. The average Bonchev–Trinajstić information content (AvgIpc) is 2.54. The molecule has 0 aromatic heterocycles. The van der Waals surface area contributed by atoms with Gasteiger partial charge in [-0.15, -0.1) is 0 Å². The lowest BCUT2D eigenvalue weighted by molar-refractivity contribution is 0.247. The van der Waals surface area contributed by atoms with Crippen LogP contribution in [0.3, 0.4) is 0 Å². The zero-order valence-electron chi connectivity index (χ0n) is 15.8. The number of amides is 2. The maximum atomic E-state index is 11.9. The molecule has 2 N–H and O–H groups in total. The molecule has 0 fully saturated rings. The summed E-state index contributed by atoms with van der Waals surface area (Å²) in [7, 11) is 0. The molecule has 0 aliphatic heterocycles. The van der Waals surface area contributed by atoms with E-state index in [2.05, 4.69) is 43.5 Å². The molecule has 0 radical (unpaired) electrons. The molecule has 0 spiro atoms. The molecule has 0 unspecified atom stereocenters. The lowest BCUT2D eigenvalue weighted by Gasteiger charge is -2.19. The second-order valence-electron chi connectivity index (χ2n) is 7.32. The predicted molar refractivity (Wildman–Crippen MR) is 104 cm³/mol. The number of nitrogens with one attached hydrogen (secondary N) is 2. The minimum atomic E-state index is -0.223. The lowest BCUT2D eigenvalue weighted by Crippen LogP contribution is -2.32. The molecule has 0 aliphatic carbocycles. The maximum Gasteiger partial charge on any atom is 0.319 e. The molecule has 0 atom stereocenters. The van der Waals surface area contributed by atoms with E-state index in [0.29, 0.717) is 13.2 Å². The smallest absolute Gasteiger partial charge is 0.319 e. The van der Waals surface area contributed by atoms with Crippen LogP contribution in [0.2, 0.25) is 0 Å². The zero-order chi connectivity index (χ0) is 18.4. The van der Waals surface area contributed by atoms with E-state index >= 15 is 0 Å². The highest BCUT2D eigenvalue weighted by Gasteiger charge is 2.12. The molecule has 0 bridgehead atoms. The summed E-state index contributed by atoms with van der Waals surface area (Å²) in [5.74, 6) is 0.810. The Morgan fingerprint density at radius 2 is 1.72 bits per heavy atom. The van der Waals surface area contributed by atoms with E-state index in [9.17, 15) is 4.79 Å². The van der Waals surface area contributed by atoms with Crippen LogP contribution >= 0.6 is 0 Å². The van der Waals surface area contributed by atoms with Crippen molar-refractivity contribution in [3.8, 4) is 5.75 Å². The molecule has 134 valence electrons. The molecule has 0 aliphatic rings. The van der Waals surface area contributed by atoms with E-state index < -0.39 is 0 Å². The number of aryl methyl sites for hydroxylation is 2. The summed E-state index contributed by atoms with van der Waals surface area (Å²) in [4.78, 5) is 11.9. The Labute approximate surface area is 150 Å². The number of rotatable bonds is 5. The zero-order valence-corrected chi connectivity index (χ0v) is 15.8. The summed E-state index contributed by atoms with van der Waals surface area (Å²) in [6.45, 7) is 11.4. The van der Waals surface area contributed by atoms with Crippen LogP contribution in [0.1, 0.15) is 37.5 Å². The summed E-state index contributed by atoms with van der Waals surface area (Å²) in [5.41, 5.74) is 4.44. The SMILES string of the molecule is Cc1ccc(NC(=O)NCCOc2ccc(C(C)(C)C)cc2)c(C)c1. The number of ether oxygens (including phenoxy) is 1. The first-order valence-electron chi connectivity index (χ1n) is 8.61. The fourth-order valence-electron chi connectivity index (χ4n) is 2.50. The minimum Gasteiger partial charge on any atom is -0.492 e. The normalized spacial score (nSPS) is 11.1. The van der Waals surface area contributed by atoms with Gasteiger partial charge in [-0.1, -0.05) is 50.6 Å². The van der Waals surface area contributed by atoms with E-state index in [-0.39, 0.29) is 11.4 Å². The number of urea groups is 1. The van der Waals surface area contributed by atoms with Crippen molar-refractivity contribution in [2.45, 2.75) is 40.0 Å². The van der Waals surface area contributed by atoms with Crippen LogP contribution in [0.15, 0.2) is 42.5 Å². The third-order valence-electron chi connectivity index (χ3n) is 4.01. The average molecular weight is 340 g/mol. The number of benzene rings is 2. The van der Waals surface area contributed by atoms with Crippen molar-refractivity contribution in [2.75, 3.05) is 18.5 Å². The molecule has 25 heavy (non-hydrogen) atoms. The second-order valence-corrected chi connectivity index (χ2v) is 7.32. The van der Waals surface area contributed by atoms with Crippen molar-refractivity contribution >= 4 is 11.7 Å². The second kappa shape index (κ2) is 8.06. The largest absolute Gasteiger partial charge is 0.492 e. The van der Waals surface area contributed by atoms with Gasteiger partial charge in [0.2, 0.25) is 0 Å². The minimum absolute atomic E-state index is 0.131. The lowest BCUT2D eigenvalue weighted by atomic mass is 9.87. The first kappa shape index (κ1) is 18.8. The highest BCUT2D eigenvalue weighted by molar-refractivity contribution is 5.90. The fraction of sp³-hybridized carbons (Fsp3) is 0.381. The number of carbonyl (C=O) groups excluding carboxylic acids is 1. The van der Waals surface area contributed by atoms with Crippen LogP contribution in [0, 0.1) is 13.8 Å². The number of anilines is 1. The van der Waals surface area contributed by atoms with Gasteiger partial charge < -0.3 is 15.4 Å². The van der Waals surface area contributed by atoms with Gasteiger partial charge in [0.1, 0.15) is 12.4 Å². The number of hydrogen-bond acceptors (Lipinski definition) is 2. The molecule has 0 heterocycles. The standard InChI is InChI=1S/C21H28N2O2/c1-15-6-11-19(16(2)14-15)23-20(24)22-12-13-25-18-9-7-17(8-10-18)21(3,4)5/h6-11,14H,12-13H2,1-5H3,(H2,22,23,24). The van der Waals surface area contributed by atoms with Gasteiger partial charge in [0.05, 0.1) is 6.54 Å². The first-order valence-corrected chi connectivity index (χ1v) is 8.61. The Hall–Kier alpha value is -2.49. The third-order valence-corrected chi connectivity index (χ3v) is 4.01. The van der Waals surface area contributed by atoms with E-state index in [1.54, 1.807) is 0 Å². The van der Waals surface area contributed by atoms with Crippen LogP contribution in [0.5, 0.6) is 5.75 Å². The number of carbonyl (C=O) groups is 1. The Kier molecular flexibility index (Phi) is 6.07. The van der Waals surface area contributed by atoms with Gasteiger partial charge in [0, 0.05) is 5.69 Å². The van der Waals surface area contributed by atoms with E-state index in [0.717, 1.165) is 17.0 Å². The van der Waals surface area contributed by atoms with Crippen molar-refractivity contribution in [2.24, 2.45) is 0 Å². The van der Waals surface area contributed by atoms with Crippen LogP contribution in [-0.4, -0.2) is 19.2 Å². The highest BCUT2D eigenvalue weighted by atomic mass is 16.5. The van der Waals surface area contributed by atoms with Gasteiger partial charge in [-0.3, -0.25) is 0 Å². The Balaban J connectivity index is 1.74. The molecule has 2 aromatic rings. The van der Waals surface area contributed by atoms with Gasteiger partial charge in [0.15, 0.2) is 0 Å². The molecule has 2 rings (SSSR count). The Morgan fingerprint density at radius 1 is 1.04 bits per heavy atom. The molecule has 0 saturated heterocycles. The summed E-state index contributed by atoms with van der Waals surface area (Å²) in [6, 6.07) is 13.8. The quantitative estimate of drug-likeness (QED) is 0.768. The summed E-state index contributed by atoms with van der Waals surface area (Å²) >= 11 is 0. The van der Waals surface area contributed by atoms with Crippen molar-refractivity contribution in [3.63, 3.8) is 0 Å². The summed E-state index contributed by atoms with van der Waals surface area (Å²) < 4.78 is 5.67. The molecule has 0 saturated carbocycles. The Bertz CT molecular complexity index is 716. The van der Waals surface area contributed by atoms with Gasteiger partial charge >= 0.3 is 6.03 Å². The number of hydrogen-bond donors (Lipinski definition) is 2. The summed E-state index contributed by atoms with van der Waals surface area (Å²) in [5, 5.41) is 5.66. The van der Waals surface area contributed by atoms with Crippen molar-refractivity contribution in [3.05, 3.63) is 59.2 Å². The molecule has 2 amide bonds. The van der Waals surface area contributed by atoms with Crippen molar-refractivity contribution < 1.29 is 9.53 Å². The van der Waals surface area contributed by atoms with Gasteiger partial charge in [-0.05, 0) is 48.6 Å².